The van der Waals surface area contributed by atoms with Crippen molar-refractivity contribution in [2.75, 3.05) is 12.4 Å². The van der Waals surface area contributed by atoms with Gasteiger partial charge in [-0.25, -0.2) is 13.6 Å². The predicted octanol–water partition coefficient (Wildman–Crippen LogP) is 2.46. The minimum atomic E-state index is -3.32. The summed E-state index contributed by atoms with van der Waals surface area (Å²) >= 11 is 0. The minimum absolute atomic E-state index is 0.0597. The standard InChI is InChI=1S/C15H20N2O3S/c16-21(18,19)11-4-2-1-3-10-20-14-8-7-13-6-5-9-17-15(13)12-14/h5-9,12H,1-4,10-11H2,(H2,16,18,19). The van der Waals surface area contributed by atoms with E-state index in [1.165, 1.54) is 0 Å². The number of benzene rings is 1. The molecular formula is C15H20N2O3S. The van der Waals surface area contributed by atoms with Gasteiger partial charge in [0.05, 0.1) is 17.9 Å². The van der Waals surface area contributed by atoms with Gasteiger partial charge in [-0.2, -0.15) is 0 Å². The molecule has 1 heterocycles. The molecule has 1 aromatic carbocycles. The lowest BCUT2D eigenvalue weighted by Gasteiger charge is -2.07. The fourth-order valence-corrected chi connectivity index (χ4v) is 2.69. The van der Waals surface area contributed by atoms with Crippen LogP contribution in [0.15, 0.2) is 36.5 Å². The number of fused-ring (bicyclic) bond motifs is 1. The number of unbranched alkanes of at least 4 members (excludes halogenated alkanes) is 3. The second-order valence-electron chi connectivity index (χ2n) is 4.99. The van der Waals surface area contributed by atoms with Gasteiger partial charge in [-0.3, -0.25) is 4.98 Å². The van der Waals surface area contributed by atoms with Crippen LogP contribution in [-0.4, -0.2) is 25.8 Å². The Morgan fingerprint density at radius 3 is 2.71 bits per heavy atom. The van der Waals surface area contributed by atoms with Crippen LogP contribution < -0.4 is 9.88 Å². The van der Waals surface area contributed by atoms with Gasteiger partial charge in [0.15, 0.2) is 0 Å². The van der Waals surface area contributed by atoms with Crippen LogP contribution in [0.1, 0.15) is 25.7 Å². The Morgan fingerprint density at radius 1 is 1.10 bits per heavy atom. The Kier molecular flexibility index (Phi) is 5.52. The second-order valence-corrected chi connectivity index (χ2v) is 6.72. The average molecular weight is 308 g/mol. The van der Waals surface area contributed by atoms with Crippen LogP contribution in [0.3, 0.4) is 0 Å². The van der Waals surface area contributed by atoms with Crippen molar-refractivity contribution >= 4 is 20.9 Å². The van der Waals surface area contributed by atoms with E-state index in [2.05, 4.69) is 4.98 Å². The molecule has 5 nitrogen and oxygen atoms in total. The monoisotopic (exact) mass is 308 g/mol. The molecule has 2 aromatic rings. The lowest BCUT2D eigenvalue weighted by Crippen LogP contribution is -2.16. The molecule has 114 valence electrons. The van der Waals surface area contributed by atoms with E-state index in [-0.39, 0.29) is 5.75 Å². The number of nitrogens with two attached hydrogens (primary N) is 1. The Hall–Kier alpha value is -1.66. The van der Waals surface area contributed by atoms with Crippen LogP contribution in [0, 0.1) is 0 Å². The van der Waals surface area contributed by atoms with Gasteiger partial charge in [0.2, 0.25) is 10.0 Å². The molecule has 2 rings (SSSR count). The fraction of sp³-hybridized carbons (Fsp3) is 0.400. The molecule has 0 spiro atoms. The topological polar surface area (TPSA) is 82.3 Å². The maximum atomic E-state index is 10.8. The lowest BCUT2D eigenvalue weighted by molar-refractivity contribution is 0.305. The number of sulfonamides is 1. The second kappa shape index (κ2) is 7.38. The number of primary sulfonamides is 1. The van der Waals surface area contributed by atoms with Gasteiger partial charge in [0.25, 0.3) is 0 Å². The maximum Gasteiger partial charge on any atom is 0.209 e. The Bertz CT molecular complexity index is 686. The number of pyridine rings is 1. The number of nitrogens with zero attached hydrogens (tertiary/aromatic N) is 1. The van der Waals surface area contributed by atoms with E-state index >= 15 is 0 Å². The summed E-state index contributed by atoms with van der Waals surface area (Å²) in [7, 11) is -3.32. The van der Waals surface area contributed by atoms with Gasteiger partial charge in [-0.15, -0.1) is 0 Å². The molecule has 0 aliphatic carbocycles. The third-order valence-corrected chi connectivity index (χ3v) is 4.03. The van der Waals surface area contributed by atoms with E-state index in [1.807, 2.05) is 30.3 Å². The SMILES string of the molecule is NS(=O)(=O)CCCCCCOc1ccc2cccnc2c1. The number of aromatic nitrogens is 1. The average Bonchev–Trinajstić information content (AvgIpc) is 2.45. The first kappa shape index (κ1) is 15.7. The third-order valence-electron chi connectivity index (χ3n) is 3.17. The predicted molar refractivity (Wildman–Crippen MR) is 83.7 cm³/mol. The third kappa shape index (κ3) is 5.69. The van der Waals surface area contributed by atoms with Crippen LogP contribution in [0.5, 0.6) is 5.75 Å². The van der Waals surface area contributed by atoms with Gasteiger partial charge < -0.3 is 4.74 Å². The Morgan fingerprint density at radius 2 is 1.90 bits per heavy atom. The number of hydrogen-bond acceptors (Lipinski definition) is 4. The molecule has 0 aliphatic rings. The highest BCUT2D eigenvalue weighted by molar-refractivity contribution is 7.89. The molecule has 0 bridgehead atoms. The number of hydrogen-bond donors (Lipinski definition) is 1. The zero-order valence-corrected chi connectivity index (χ0v) is 12.7. The van der Waals surface area contributed by atoms with Gasteiger partial charge >= 0.3 is 0 Å². The Labute approximate surface area is 125 Å². The summed E-state index contributed by atoms with van der Waals surface area (Å²) in [5, 5.41) is 6.03. The van der Waals surface area contributed by atoms with E-state index in [4.69, 9.17) is 9.88 Å². The van der Waals surface area contributed by atoms with Crippen molar-refractivity contribution in [3.8, 4) is 5.75 Å². The highest BCUT2D eigenvalue weighted by Crippen LogP contribution is 2.19. The van der Waals surface area contributed by atoms with Crippen molar-refractivity contribution in [1.29, 1.82) is 0 Å². The first-order chi connectivity index (χ1) is 10.0. The van der Waals surface area contributed by atoms with Crippen LogP contribution in [0.4, 0.5) is 0 Å². The van der Waals surface area contributed by atoms with Crippen molar-refractivity contribution in [1.82, 2.24) is 4.98 Å². The van der Waals surface area contributed by atoms with Gasteiger partial charge in [-0.05, 0) is 31.0 Å². The summed E-state index contributed by atoms with van der Waals surface area (Å²) in [5.41, 5.74) is 0.920. The first-order valence-electron chi connectivity index (χ1n) is 7.03. The minimum Gasteiger partial charge on any atom is -0.494 e. The number of ether oxygens (including phenoxy) is 1. The molecule has 0 atom stereocenters. The molecule has 0 saturated carbocycles. The van der Waals surface area contributed by atoms with Crippen molar-refractivity contribution < 1.29 is 13.2 Å². The van der Waals surface area contributed by atoms with Crippen LogP contribution in [0.25, 0.3) is 10.9 Å². The fourth-order valence-electron chi connectivity index (χ4n) is 2.08. The zero-order chi connectivity index (χ0) is 15.1. The summed E-state index contributed by atoms with van der Waals surface area (Å²) in [5.74, 6) is 0.871. The Balaban J connectivity index is 1.68. The molecule has 0 radical (unpaired) electrons. The molecule has 0 amide bonds. The van der Waals surface area contributed by atoms with Crippen LogP contribution in [-0.2, 0) is 10.0 Å². The van der Waals surface area contributed by atoms with Crippen molar-refractivity contribution in [3.63, 3.8) is 0 Å². The van der Waals surface area contributed by atoms with Crippen molar-refractivity contribution in [3.05, 3.63) is 36.5 Å². The highest BCUT2D eigenvalue weighted by Gasteiger charge is 2.02. The van der Waals surface area contributed by atoms with Crippen LogP contribution >= 0.6 is 0 Å². The van der Waals surface area contributed by atoms with Gasteiger partial charge in [0.1, 0.15) is 5.75 Å². The van der Waals surface area contributed by atoms with Crippen LogP contribution in [0.2, 0.25) is 0 Å². The molecule has 21 heavy (non-hydrogen) atoms. The molecule has 2 N–H and O–H groups in total. The zero-order valence-electron chi connectivity index (χ0n) is 11.9. The molecule has 6 heteroatoms. The summed E-state index contributed by atoms with van der Waals surface area (Å²) in [6.45, 7) is 0.619. The van der Waals surface area contributed by atoms with Crippen molar-refractivity contribution in [2.45, 2.75) is 25.7 Å². The largest absolute Gasteiger partial charge is 0.494 e. The normalized spacial score (nSPS) is 11.7. The first-order valence-corrected chi connectivity index (χ1v) is 8.74. The molecule has 0 saturated heterocycles. The molecule has 1 aromatic heterocycles. The maximum absolute atomic E-state index is 10.8. The lowest BCUT2D eigenvalue weighted by atomic mass is 10.2. The highest BCUT2D eigenvalue weighted by atomic mass is 32.2. The van der Waals surface area contributed by atoms with E-state index < -0.39 is 10.0 Å². The quantitative estimate of drug-likeness (QED) is 0.759. The van der Waals surface area contributed by atoms with Gasteiger partial charge in [-0.1, -0.05) is 18.9 Å². The molecular weight excluding hydrogens is 288 g/mol. The van der Waals surface area contributed by atoms with E-state index in [1.54, 1.807) is 6.20 Å². The van der Waals surface area contributed by atoms with Crippen molar-refractivity contribution in [2.24, 2.45) is 5.14 Å². The molecule has 0 aliphatic heterocycles. The van der Waals surface area contributed by atoms with Gasteiger partial charge in [0, 0.05) is 17.6 Å². The smallest absolute Gasteiger partial charge is 0.209 e. The summed E-state index contributed by atoms with van der Waals surface area (Å²) < 4.78 is 27.2. The van der Waals surface area contributed by atoms with E-state index in [9.17, 15) is 8.42 Å². The summed E-state index contributed by atoms with van der Waals surface area (Å²) in [6, 6.07) is 9.77. The summed E-state index contributed by atoms with van der Waals surface area (Å²) in [6.07, 6.45) is 5.04. The molecule has 0 unspecified atom stereocenters. The summed E-state index contributed by atoms with van der Waals surface area (Å²) in [4.78, 5) is 4.28. The number of rotatable bonds is 8. The molecule has 0 fully saturated rings. The van der Waals surface area contributed by atoms with E-state index in [0.717, 1.165) is 35.9 Å². The van der Waals surface area contributed by atoms with E-state index in [0.29, 0.717) is 13.0 Å².